The topological polar surface area (TPSA) is 64.0 Å². The lowest BCUT2D eigenvalue weighted by atomic mass is 10.0. The zero-order valence-electron chi connectivity index (χ0n) is 14.2. The van der Waals surface area contributed by atoms with E-state index in [4.69, 9.17) is 0 Å². The van der Waals surface area contributed by atoms with Crippen molar-refractivity contribution in [3.05, 3.63) is 75.8 Å². The van der Waals surface area contributed by atoms with Crippen LogP contribution in [0.5, 0.6) is 0 Å². The summed E-state index contributed by atoms with van der Waals surface area (Å²) in [6.07, 6.45) is 0.464. The van der Waals surface area contributed by atoms with Gasteiger partial charge in [-0.1, -0.05) is 42.0 Å². The summed E-state index contributed by atoms with van der Waals surface area (Å²) in [5, 5.41) is 3.49. The number of benzene rings is 2. The summed E-state index contributed by atoms with van der Waals surface area (Å²) in [6, 6.07) is 14.4. The minimum Gasteiger partial charge on any atom is -0.345 e. The Balaban J connectivity index is 1.88. The van der Waals surface area contributed by atoms with Gasteiger partial charge >= 0.3 is 0 Å². The summed E-state index contributed by atoms with van der Waals surface area (Å²) in [5.74, 6) is 0.472. The Kier molecular flexibility index (Phi) is 3.64. The molecule has 5 nitrogen and oxygen atoms in total. The van der Waals surface area contributed by atoms with Gasteiger partial charge in [-0.05, 0) is 31.5 Å². The van der Waals surface area contributed by atoms with Crippen LogP contribution < -0.4 is 10.9 Å². The summed E-state index contributed by atoms with van der Waals surface area (Å²) in [7, 11) is 0. The van der Waals surface area contributed by atoms with Gasteiger partial charge in [0.1, 0.15) is 11.9 Å². The number of aromatic nitrogens is 2. The van der Waals surface area contributed by atoms with Crippen LogP contribution in [-0.2, 0) is 11.2 Å². The quantitative estimate of drug-likeness (QED) is 0.784. The third-order valence-electron chi connectivity index (χ3n) is 4.75. The monoisotopic (exact) mass is 333 g/mol. The smallest absolute Gasteiger partial charge is 0.262 e. The summed E-state index contributed by atoms with van der Waals surface area (Å²) in [5.41, 5.74) is 2.69. The average Bonchev–Trinajstić information content (AvgIpc) is 2.61. The number of nitrogens with one attached hydrogen (secondary N) is 1. The fourth-order valence-electron chi connectivity index (χ4n) is 3.39. The van der Waals surface area contributed by atoms with Crippen molar-refractivity contribution in [1.29, 1.82) is 0 Å². The van der Waals surface area contributed by atoms with E-state index < -0.39 is 6.04 Å². The molecule has 0 fully saturated rings. The molecule has 25 heavy (non-hydrogen) atoms. The van der Waals surface area contributed by atoms with Gasteiger partial charge in [-0.15, -0.1) is 0 Å². The summed E-state index contributed by atoms with van der Waals surface area (Å²) in [6.45, 7) is 3.88. The van der Waals surface area contributed by atoms with Crippen molar-refractivity contribution in [1.82, 2.24) is 14.9 Å². The van der Waals surface area contributed by atoms with Crippen LogP contribution in [0.2, 0.25) is 0 Å². The van der Waals surface area contributed by atoms with Crippen LogP contribution in [0.4, 0.5) is 0 Å². The maximum Gasteiger partial charge on any atom is 0.262 e. The van der Waals surface area contributed by atoms with Crippen LogP contribution in [0.3, 0.4) is 0 Å². The molecule has 1 aromatic heterocycles. The van der Waals surface area contributed by atoms with Gasteiger partial charge in [0, 0.05) is 6.42 Å². The van der Waals surface area contributed by atoms with Gasteiger partial charge < -0.3 is 5.32 Å². The van der Waals surface area contributed by atoms with Crippen molar-refractivity contribution in [2.24, 2.45) is 0 Å². The van der Waals surface area contributed by atoms with Gasteiger partial charge in [-0.25, -0.2) is 4.98 Å². The highest BCUT2D eigenvalue weighted by Crippen LogP contribution is 2.25. The normalized spacial score (nSPS) is 19.5. The molecule has 3 aromatic rings. The van der Waals surface area contributed by atoms with Crippen LogP contribution in [0.15, 0.2) is 53.3 Å². The lowest BCUT2D eigenvalue weighted by Gasteiger charge is -2.31. The standard InChI is InChI=1S/C20H19N3O2/c1-12-7-9-14(10-8-12)11-17-19(24)21-13(2)18-22-16-6-4-3-5-15(16)20(25)23(17)18/h3-10,13,17H,11H2,1-2H3,(H,21,24)/t13-,17+/m0/s1. The number of rotatable bonds is 2. The maximum absolute atomic E-state index is 13.1. The highest BCUT2D eigenvalue weighted by molar-refractivity contribution is 5.84. The number of hydrogen-bond donors (Lipinski definition) is 1. The van der Waals surface area contributed by atoms with E-state index >= 15 is 0 Å². The molecule has 0 aliphatic carbocycles. The Bertz CT molecular complexity index is 1020. The van der Waals surface area contributed by atoms with Gasteiger partial charge in [-0.2, -0.15) is 0 Å². The van der Waals surface area contributed by atoms with Crippen molar-refractivity contribution in [3.8, 4) is 0 Å². The molecule has 0 bridgehead atoms. The molecule has 0 radical (unpaired) electrons. The van der Waals surface area contributed by atoms with Gasteiger partial charge in [0.2, 0.25) is 5.91 Å². The van der Waals surface area contributed by atoms with Crippen LogP contribution in [0, 0.1) is 6.92 Å². The number of carbonyl (C=O) groups is 1. The minimum absolute atomic E-state index is 0.139. The molecule has 2 atom stereocenters. The summed E-state index contributed by atoms with van der Waals surface area (Å²) < 4.78 is 1.58. The summed E-state index contributed by atoms with van der Waals surface area (Å²) in [4.78, 5) is 30.3. The molecule has 0 unspecified atom stereocenters. The molecule has 0 saturated carbocycles. The molecule has 5 heteroatoms. The molecular weight excluding hydrogens is 314 g/mol. The predicted octanol–water partition coefficient (Wildman–Crippen LogP) is 2.68. The first-order chi connectivity index (χ1) is 12.0. The molecule has 126 valence electrons. The van der Waals surface area contributed by atoms with Crippen molar-refractivity contribution >= 4 is 16.8 Å². The van der Waals surface area contributed by atoms with Crippen LogP contribution in [0.1, 0.15) is 36.0 Å². The molecular formula is C20H19N3O2. The Morgan fingerprint density at radius 3 is 2.56 bits per heavy atom. The van der Waals surface area contributed by atoms with Gasteiger partial charge in [0.25, 0.3) is 5.56 Å². The van der Waals surface area contributed by atoms with E-state index in [9.17, 15) is 9.59 Å². The summed E-state index contributed by atoms with van der Waals surface area (Å²) >= 11 is 0. The van der Waals surface area contributed by atoms with E-state index in [0.717, 1.165) is 11.1 Å². The molecule has 1 amide bonds. The number of aryl methyl sites for hydroxylation is 1. The van der Waals surface area contributed by atoms with Gasteiger partial charge in [0.15, 0.2) is 0 Å². The molecule has 0 spiro atoms. The lowest BCUT2D eigenvalue weighted by Crippen LogP contribution is -2.47. The first-order valence-corrected chi connectivity index (χ1v) is 8.41. The largest absolute Gasteiger partial charge is 0.345 e. The fourth-order valence-corrected chi connectivity index (χ4v) is 3.39. The molecule has 1 aliphatic rings. The zero-order valence-corrected chi connectivity index (χ0v) is 14.2. The fraction of sp³-hybridized carbons (Fsp3) is 0.250. The van der Waals surface area contributed by atoms with E-state index in [2.05, 4.69) is 10.3 Å². The van der Waals surface area contributed by atoms with Crippen LogP contribution >= 0.6 is 0 Å². The number of fused-ring (bicyclic) bond motifs is 2. The molecule has 1 aliphatic heterocycles. The SMILES string of the molecule is Cc1ccc(C[C@@H]2C(=O)N[C@@H](C)c3nc4ccccc4c(=O)n32)cc1. The van der Waals surface area contributed by atoms with Crippen molar-refractivity contribution in [2.75, 3.05) is 0 Å². The predicted molar refractivity (Wildman–Crippen MR) is 96.5 cm³/mol. The Morgan fingerprint density at radius 2 is 1.80 bits per heavy atom. The maximum atomic E-state index is 13.1. The van der Waals surface area contributed by atoms with Crippen molar-refractivity contribution in [2.45, 2.75) is 32.4 Å². The van der Waals surface area contributed by atoms with E-state index in [1.807, 2.05) is 56.3 Å². The number of nitrogens with zero attached hydrogens (tertiary/aromatic N) is 2. The van der Waals surface area contributed by atoms with Gasteiger partial charge in [-0.3, -0.25) is 14.2 Å². The molecule has 4 rings (SSSR count). The first kappa shape index (κ1) is 15.6. The number of amides is 1. The average molecular weight is 333 g/mol. The lowest BCUT2D eigenvalue weighted by molar-refractivity contribution is -0.126. The molecule has 1 N–H and O–H groups in total. The Morgan fingerprint density at radius 1 is 1.08 bits per heavy atom. The second-order valence-electron chi connectivity index (χ2n) is 6.60. The van der Waals surface area contributed by atoms with E-state index in [0.29, 0.717) is 23.1 Å². The zero-order chi connectivity index (χ0) is 17.6. The number of carbonyl (C=O) groups excluding carboxylic acids is 1. The van der Waals surface area contributed by atoms with Gasteiger partial charge in [0.05, 0.1) is 16.9 Å². The van der Waals surface area contributed by atoms with E-state index in [1.165, 1.54) is 0 Å². The molecule has 0 saturated heterocycles. The molecule has 2 aromatic carbocycles. The highest BCUT2D eigenvalue weighted by atomic mass is 16.2. The third kappa shape index (κ3) is 2.61. The highest BCUT2D eigenvalue weighted by Gasteiger charge is 2.33. The molecule has 2 heterocycles. The van der Waals surface area contributed by atoms with E-state index in [1.54, 1.807) is 10.6 Å². The third-order valence-corrected chi connectivity index (χ3v) is 4.75. The second kappa shape index (κ2) is 5.84. The number of para-hydroxylation sites is 1. The second-order valence-corrected chi connectivity index (χ2v) is 6.60. The van der Waals surface area contributed by atoms with Crippen molar-refractivity contribution in [3.63, 3.8) is 0 Å². The van der Waals surface area contributed by atoms with E-state index in [-0.39, 0.29) is 17.5 Å². The van der Waals surface area contributed by atoms with Crippen molar-refractivity contribution < 1.29 is 4.79 Å². The minimum atomic E-state index is -0.585. The Labute approximate surface area is 145 Å². The van der Waals surface area contributed by atoms with Crippen LogP contribution in [0.25, 0.3) is 10.9 Å². The number of hydrogen-bond acceptors (Lipinski definition) is 3. The first-order valence-electron chi connectivity index (χ1n) is 8.41. The Hall–Kier alpha value is -2.95. The van der Waals surface area contributed by atoms with Crippen LogP contribution in [-0.4, -0.2) is 15.5 Å².